The number of fused-ring (bicyclic) bond motifs is 9. The lowest BCUT2D eigenvalue weighted by Crippen LogP contribution is -1.92. The third-order valence-corrected chi connectivity index (χ3v) is 8.51. The van der Waals surface area contributed by atoms with Crippen molar-refractivity contribution in [3.05, 3.63) is 181 Å². The average Bonchev–Trinajstić information content (AvgIpc) is 3.38. The highest BCUT2D eigenvalue weighted by atomic mass is 16.3. The van der Waals surface area contributed by atoms with Crippen molar-refractivity contribution in [2.24, 2.45) is 0 Å². The standard InChI is InChI=1S/C50H30O/c1-2-12-34-28-37(23-20-31(34)10-1)48-39-15-5-7-17-41(39)49(42-18-8-6-16-40(42)48)43-19-9-13-33-21-22-35(29-45(33)43)36-24-26-44-47(30-36)51-46-27-25-32-11-3-4-14-38(32)50(44)46/h1-30H/i1D,2D,3D,4D,5D,6D,7D,8D,9D,10D,11D,12D,13D,14D,15D,16D,17D,18D,19D,20D,21D,22D,23D,24D,25D,26D,27D,28D,29D,30D. The molecule has 0 aliphatic carbocycles. The van der Waals surface area contributed by atoms with E-state index in [1.807, 2.05) is 0 Å². The Morgan fingerprint density at radius 2 is 0.863 bits per heavy atom. The second kappa shape index (κ2) is 10.9. The minimum atomic E-state index is -1.09. The number of rotatable bonds is 3. The van der Waals surface area contributed by atoms with E-state index in [0.717, 1.165) is 0 Å². The average molecular weight is 677 g/mol. The van der Waals surface area contributed by atoms with E-state index in [-0.39, 0.29) is 5.39 Å². The summed E-state index contributed by atoms with van der Waals surface area (Å²) in [6, 6.07) is -28.1. The van der Waals surface area contributed by atoms with E-state index in [4.69, 9.17) is 27.7 Å². The summed E-state index contributed by atoms with van der Waals surface area (Å²) in [6.07, 6.45) is 0. The van der Waals surface area contributed by atoms with E-state index in [0.29, 0.717) is 0 Å². The Bertz CT molecular complexity index is 4850. The zero-order valence-corrected chi connectivity index (χ0v) is 25.4. The van der Waals surface area contributed by atoms with Crippen LogP contribution in [0.1, 0.15) is 41.1 Å². The van der Waals surface area contributed by atoms with Gasteiger partial charge < -0.3 is 4.42 Å². The first-order valence-electron chi connectivity index (χ1n) is 30.2. The third-order valence-electron chi connectivity index (χ3n) is 8.51. The third kappa shape index (κ3) is 4.28. The summed E-state index contributed by atoms with van der Waals surface area (Å²) in [4.78, 5) is 0. The highest BCUT2D eigenvalue weighted by Gasteiger charge is 2.19. The van der Waals surface area contributed by atoms with E-state index < -0.39 is 285 Å². The maximum atomic E-state index is 10.0. The molecule has 0 spiro atoms. The molecule has 0 fully saturated rings. The first-order valence-corrected chi connectivity index (χ1v) is 15.2. The molecule has 1 heteroatoms. The summed E-state index contributed by atoms with van der Waals surface area (Å²) >= 11 is 0. The van der Waals surface area contributed by atoms with Crippen molar-refractivity contribution in [1.29, 1.82) is 0 Å². The summed E-state index contributed by atoms with van der Waals surface area (Å²) in [6.45, 7) is 0. The minimum Gasteiger partial charge on any atom is -0.456 e. The summed E-state index contributed by atoms with van der Waals surface area (Å²) in [7, 11) is 0. The molecule has 11 rings (SSSR count). The van der Waals surface area contributed by atoms with E-state index in [1.165, 1.54) is 0 Å². The van der Waals surface area contributed by atoms with Gasteiger partial charge in [-0.15, -0.1) is 0 Å². The highest BCUT2D eigenvalue weighted by Crippen LogP contribution is 2.46. The van der Waals surface area contributed by atoms with Crippen LogP contribution < -0.4 is 0 Å². The van der Waals surface area contributed by atoms with Gasteiger partial charge in [-0.25, -0.2) is 0 Å². The number of furan rings is 1. The normalized spacial score (nSPS) is 20.2. The van der Waals surface area contributed by atoms with E-state index in [2.05, 4.69) is 0 Å². The SMILES string of the molecule is [2H]c1c([2H])c([2H])c2c([2H])c(-c3c4c([2H])c([2H])c([2H])c([2H])c4c(-c4c([2H])c([2H])c([2H])c5c([2H])c([2H])c(-c6c([2H])c([2H])c7c(oc8c([2H])c([2H])c9c([2H])c([2H])c([2H])c([2H])c9c87)c6[2H])c([2H])c45)c4c([2H])c([2H])c([2H])c([2H])c34)c([2H])c([2H])c2c1[2H]. The Labute approximate surface area is 336 Å². The number of benzene rings is 10. The lowest BCUT2D eigenvalue weighted by atomic mass is 9.84. The molecule has 0 bridgehead atoms. The van der Waals surface area contributed by atoms with Gasteiger partial charge in [0.25, 0.3) is 0 Å². The van der Waals surface area contributed by atoms with Crippen LogP contribution in [0.15, 0.2) is 186 Å². The Morgan fingerprint density at radius 3 is 1.65 bits per heavy atom. The Kier molecular flexibility index (Phi) is 2.50. The van der Waals surface area contributed by atoms with Gasteiger partial charge in [-0.05, 0) is 117 Å². The molecule has 0 saturated heterocycles. The molecular weight excluding hydrogens is 617 g/mol. The monoisotopic (exact) mass is 676 g/mol. The molecule has 1 heterocycles. The fraction of sp³-hybridized carbons (Fsp3) is 0. The van der Waals surface area contributed by atoms with Gasteiger partial charge >= 0.3 is 0 Å². The van der Waals surface area contributed by atoms with Crippen molar-refractivity contribution < 1.29 is 45.5 Å². The summed E-state index contributed by atoms with van der Waals surface area (Å²) < 4.78 is 279. The van der Waals surface area contributed by atoms with Gasteiger partial charge in [0, 0.05) is 10.8 Å². The van der Waals surface area contributed by atoms with Gasteiger partial charge in [0.05, 0.1) is 41.1 Å². The van der Waals surface area contributed by atoms with Gasteiger partial charge in [-0.1, -0.05) is 151 Å². The molecule has 0 N–H and O–H groups in total. The van der Waals surface area contributed by atoms with Crippen molar-refractivity contribution in [3.8, 4) is 33.4 Å². The number of hydrogen-bond acceptors (Lipinski definition) is 1. The van der Waals surface area contributed by atoms with E-state index >= 15 is 0 Å². The lowest BCUT2D eigenvalue weighted by Gasteiger charge is -2.19. The molecule has 0 atom stereocenters. The van der Waals surface area contributed by atoms with Crippen LogP contribution in [0.2, 0.25) is 0 Å². The Hall–Kier alpha value is -6.70. The molecule has 1 aromatic heterocycles. The van der Waals surface area contributed by atoms with Crippen LogP contribution in [0.25, 0.3) is 109 Å². The topological polar surface area (TPSA) is 13.1 Å². The molecular formula is C50H30O. The van der Waals surface area contributed by atoms with Crippen LogP contribution in [0.3, 0.4) is 0 Å². The van der Waals surface area contributed by atoms with Gasteiger partial charge in [-0.3, -0.25) is 0 Å². The predicted molar refractivity (Wildman–Crippen MR) is 218 cm³/mol. The van der Waals surface area contributed by atoms with Gasteiger partial charge in [0.15, 0.2) is 0 Å². The van der Waals surface area contributed by atoms with Crippen LogP contribution in [0.4, 0.5) is 0 Å². The maximum absolute atomic E-state index is 10.0. The molecule has 0 aliphatic rings. The zero-order valence-electron chi connectivity index (χ0n) is 55.4. The quantitative estimate of drug-likeness (QED) is 0.170. The van der Waals surface area contributed by atoms with E-state index in [1.54, 1.807) is 0 Å². The summed E-state index contributed by atoms with van der Waals surface area (Å²) in [5.41, 5.74) is -6.12. The van der Waals surface area contributed by atoms with Crippen molar-refractivity contribution in [3.63, 3.8) is 0 Å². The molecule has 0 saturated carbocycles. The van der Waals surface area contributed by atoms with Crippen LogP contribution in [0, 0.1) is 0 Å². The summed E-state index contributed by atoms with van der Waals surface area (Å²) in [5.74, 6) is 0. The van der Waals surface area contributed by atoms with Gasteiger partial charge in [0.2, 0.25) is 0 Å². The molecule has 51 heavy (non-hydrogen) atoms. The van der Waals surface area contributed by atoms with Crippen LogP contribution in [0.5, 0.6) is 0 Å². The Balaban J connectivity index is 1.39. The van der Waals surface area contributed by atoms with Crippen molar-refractivity contribution >= 4 is 75.8 Å². The van der Waals surface area contributed by atoms with Crippen LogP contribution in [-0.4, -0.2) is 0 Å². The second-order valence-corrected chi connectivity index (χ2v) is 11.3. The predicted octanol–water partition coefficient (Wildman–Crippen LogP) is 14.4. The van der Waals surface area contributed by atoms with Crippen molar-refractivity contribution in [1.82, 2.24) is 0 Å². The highest BCUT2D eigenvalue weighted by molar-refractivity contribution is 6.24. The summed E-state index contributed by atoms with van der Waals surface area (Å²) in [5, 5.41) is -7.67. The van der Waals surface area contributed by atoms with Crippen molar-refractivity contribution in [2.75, 3.05) is 0 Å². The first kappa shape index (κ1) is 11.7. The van der Waals surface area contributed by atoms with Crippen LogP contribution in [-0.2, 0) is 0 Å². The molecule has 1 nitrogen and oxygen atoms in total. The smallest absolute Gasteiger partial charge is 0.136 e. The molecule has 11 aromatic rings. The maximum Gasteiger partial charge on any atom is 0.136 e. The Morgan fingerprint density at radius 1 is 0.314 bits per heavy atom. The minimum absolute atomic E-state index is 0.357. The molecule has 236 valence electrons. The molecule has 0 amide bonds. The molecule has 10 aromatic carbocycles. The molecule has 0 unspecified atom stereocenters. The molecule has 0 aliphatic heterocycles. The number of hydrogen-bond donors (Lipinski definition) is 0. The zero-order chi connectivity index (χ0) is 59.6. The largest absolute Gasteiger partial charge is 0.456 e. The van der Waals surface area contributed by atoms with Gasteiger partial charge in [-0.2, -0.15) is 0 Å². The second-order valence-electron chi connectivity index (χ2n) is 11.3. The van der Waals surface area contributed by atoms with Crippen LogP contribution >= 0.6 is 0 Å². The first-order chi connectivity index (χ1) is 37.8. The fourth-order valence-corrected chi connectivity index (χ4v) is 6.32. The van der Waals surface area contributed by atoms with Crippen molar-refractivity contribution in [2.45, 2.75) is 0 Å². The lowest BCUT2D eigenvalue weighted by molar-refractivity contribution is 0.669. The van der Waals surface area contributed by atoms with E-state index in [9.17, 15) is 17.8 Å². The fourth-order valence-electron chi connectivity index (χ4n) is 6.32. The van der Waals surface area contributed by atoms with Gasteiger partial charge in [0.1, 0.15) is 11.2 Å². The molecule has 0 radical (unpaired) electrons.